The molecule has 0 atom stereocenters. The summed E-state index contributed by atoms with van der Waals surface area (Å²) in [6.07, 6.45) is 1.40. The van der Waals surface area contributed by atoms with Crippen LogP contribution in [0.2, 0.25) is 0 Å². The molecule has 98 valence electrons. The smallest absolute Gasteiger partial charge is 0.339 e. The quantitative estimate of drug-likeness (QED) is 0.831. The molecule has 0 aliphatic rings. The number of hydrogen-bond acceptors (Lipinski definition) is 4. The van der Waals surface area contributed by atoms with Crippen molar-refractivity contribution in [1.82, 2.24) is 4.57 Å². The summed E-state index contributed by atoms with van der Waals surface area (Å²) in [5.74, 6) is -0.547. The van der Waals surface area contributed by atoms with Crippen LogP contribution in [0.15, 0.2) is 41.3 Å². The Labute approximate surface area is 109 Å². The van der Waals surface area contributed by atoms with Gasteiger partial charge in [0.2, 0.25) is 0 Å². The van der Waals surface area contributed by atoms with E-state index in [0.29, 0.717) is 5.56 Å². The Morgan fingerprint density at radius 2 is 1.95 bits per heavy atom. The Morgan fingerprint density at radius 3 is 2.58 bits per heavy atom. The van der Waals surface area contributed by atoms with Gasteiger partial charge >= 0.3 is 5.97 Å². The first-order valence-electron chi connectivity index (χ1n) is 5.62. The van der Waals surface area contributed by atoms with Crippen LogP contribution in [0.1, 0.15) is 10.4 Å². The van der Waals surface area contributed by atoms with Crippen molar-refractivity contribution in [2.24, 2.45) is 7.05 Å². The Kier molecular flexibility index (Phi) is 3.37. The van der Waals surface area contributed by atoms with Gasteiger partial charge in [-0.3, -0.25) is 4.79 Å². The molecule has 1 heterocycles. The summed E-state index contributed by atoms with van der Waals surface area (Å²) in [5, 5.41) is 9.80. The van der Waals surface area contributed by atoms with Crippen molar-refractivity contribution in [2.75, 3.05) is 7.11 Å². The van der Waals surface area contributed by atoms with E-state index in [0.717, 1.165) is 0 Å². The highest BCUT2D eigenvalue weighted by atomic mass is 16.5. The van der Waals surface area contributed by atoms with Gasteiger partial charge in [-0.15, -0.1) is 0 Å². The zero-order valence-electron chi connectivity index (χ0n) is 10.6. The van der Waals surface area contributed by atoms with Gasteiger partial charge in [0.05, 0.1) is 18.2 Å². The molecule has 0 saturated carbocycles. The van der Waals surface area contributed by atoms with E-state index in [4.69, 9.17) is 0 Å². The van der Waals surface area contributed by atoms with E-state index < -0.39 is 5.97 Å². The van der Waals surface area contributed by atoms with E-state index >= 15 is 0 Å². The van der Waals surface area contributed by atoms with Gasteiger partial charge in [-0.2, -0.15) is 0 Å². The van der Waals surface area contributed by atoms with Crippen LogP contribution >= 0.6 is 0 Å². The van der Waals surface area contributed by atoms with Crippen molar-refractivity contribution in [3.63, 3.8) is 0 Å². The number of phenols is 1. The number of aromatic nitrogens is 1. The molecular weight excluding hydrogens is 246 g/mol. The van der Waals surface area contributed by atoms with Crippen LogP contribution in [0.4, 0.5) is 0 Å². The number of pyridine rings is 1. The van der Waals surface area contributed by atoms with Gasteiger partial charge < -0.3 is 14.4 Å². The molecule has 19 heavy (non-hydrogen) atoms. The van der Waals surface area contributed by atoms with Gasteiger partial charge in [-0.1, -0.05) is 18.2 Å². The molecule has 0 fully saturated rings. The second-order valence-corrected chi connectivity index (χ2v) is 4.07. The molecule has 0 bridgehead atoms. The maximum absolute atomic E-state index is 12.1. The van der Waals surface area contributed by atoms with Crippen molar-refractivity contribution in [1.29, 1.82) is 0 Å². The minimum Gasteiger partial charge on any atom is -0.507 e. The summed E-state index contributed by atoms with van der Waals surface area (Å²) in [6, 6.07) is 7.89. The summed E-state index contributed by atoms with van der Waals surface area (Å²) in [6.45, 7) is 0. The van der Waals surface area contributed by atoms with Gasteiger partial charge in [0, 0.05) is 18.8 Å². The van der Waals surface area contributed by atoms with Crippen molar-refractivity contribution in [3.8, 4) is 16.9 Å². The molecule has 0 spiro atoms. The van der Waals surface area contributed by atoms with E-state index in [2.05, 4.69) is 4.74 Å². The zero-order valence-corrected chi connectivity index (χ0v) is 10.6. The highest BCUT2D eigenvalue weighted by Gasteiger charge is 2.14. The van der Waals surface area contributed by atoms with E-state index in [1.807, 2.05) is 0 Å². The predicted octanol–water partition coefficient (Wildman–Crippen LogP) is 1.54. The van der Waals surface area contributed by atoms with E-state index in [-0.39, 0.29) is 22.4 Å². The number of carbonyl (C=O) groups excluding carboxylic acids is 1. The number of benzene rings is 1. The number of carbonyl (C=O) groups is 1. The molecule has 0 aliphatic carbocycles. The molecule has 1 aromatic carbocycles. The summed E-state index contributed by atoms with van der Waals surface area (Å²) in [5.41, 5.74) is 0.592. The van der Waals surface area contributed by atoms with Crippen LogP contribution in [-0.2, 0) is 11.8 Å². The number of phenolic OH excluding ortho intramolecular Hbond substituents is 1. The van der Waals surface area contributed by atoms with Crippen LogP contribution in [0.3, 0.4) is 0 Å². The molecular formula is C14H13NO4. The van der Waals surface area contributed by atoms with Gasteiger partial charge in [0.25, 0.3) is 5.56 Å². The molecule has 5 heteroatoms. The fourth-order valence-electron chi connectivity index (χ4n) is 1.84. The number of aryl methyl sites for hydroxylation is 1. The fourth-order valence-corrected chi connectivity index (χ4v) is 1.84. The largest absolute Gasteiger partial charge is 0.507 e. The Balaban J connectivity index is 2.70. The first kappa shape index (κ1) is 12.9. The van der Waals surface area contributed by atoms with Crippen molar-refractivity contribution in [3.05, 3.63) is 52.4 Å². The van der Waals surface area contributed by atoms with E-state index in [9.17, 15) is 14.7 Å². The highest BCUT2D eigenvalue weighted by molar-refractivity contribution is 5.90. The number of esters is 1. The van der Waals surface area contributed by atoms with Crippen molar-refractivity contribution in [2.45, 2.75) is 0 Å². The molecule has 2 aromatic rings. The minimum absolute atomic E-state index is 0.0124. The number of para-hydroxylation sites is 1. The van der Waals surface area contributed by atoms with Crippen LogP contribution in [0, 0.1) is 0 Å². The third kappa shape index (κ3) is 2.35. The molecule has 5 nitrogen and oxygen atoms in total. The highest BCUT2D eigenvalue weighted by Crippen LogP contribution is 2.26. The molecule has 0 radical (unpaired) electrons. The number of rotatable bonds is 2. The second kappa shape index (κ2) is 4.97. The van der Waals surface area contributed by atoms with Crippen LogP contribution in [0.25, 0.3) is 11.1 Å². The normalized spacial score (nSPS) is 10.2. The lowest BCUT2D eigenvalue weighted by molar-refractivity contribution is 0.0599. The van der Waals surface area contributed by atoms with Gasteiger partial charge in [-0.25, -0.2) is 4.79 Å². The summed E-state index contributed by atoms with van der Waals surface area (Å²) in [7, 11) is 2.81. The summed E-state index contributed by atoms with van der Waals surface area (Å²) in [4.78, 5) is 23.6. The van der Waals surface area contributed by atoms with Gasteiger partial charge in [0.15, 0.2) is 0 Å². The summed E-state index contributed by atoms with van der Waals surface area (Å²) >= 11 is 0. The third-order valence-corrected chi connectivity index (χ3v) is 2.80. The second-order valence-electron chi connectivity index (χ2n) is 4.07. The molecule has 0 aliphatic heterocycles. The number of nitrogens with zero attached hydrogens (tertiary/aromatic N) is 1. The van der Waals surface area contributed by atoms with Crippen molar-refractivity contribution >= 4 is 5.97 Å². The van der Waals surface area contributed by atoms with Crippen LogP contribution < -0.4 is 5.56 Å². The predicted molar refractivity (Wildman–Crippen MR) is 70.1 cm³/mol. The zero-order chi connectivity index (χ0) is 14.0. The van der Waals surface area contributed by atoms with Crippen LogP contribution in [0.5, 0.6) is 5.75 Å². The maximum atomic E-state index is 12.1. The van der Waals surface area contributed by atoms with Crippen molar-refractivity contribution < 1.29 is 14.6 Å². The number of ether oxygens (including phenoxy) is 1. The van der Waals surface area contributed by atoms with Gasteiger partial charge in [-0.05, 0) is 12.1 Å². The lowest BCUT2D eigenvalue weighted by Crippen LogP contribution is -2.20. The monoisotopic (exact) mass is 259 g/mol. The van der Waals surface area contributed by atoms with Crippen LogP contribution in [-0.4, -0.2) is 22.8 Å². The van der Waals surface area contributed by atoms with Gasteiger partial charge in [0.1, 0.15) is 5.75 Å². The lowest BCUT2D eigenvalue weighted by atomic mass is 10.0. The number of hydrogen-bond donors (Lipinski definition) is 1. The number of methoxy groups -OCH3 is 1. The first-order valence-corrected chi connectivity index (χ1v) is 5.62. The van der Waals surface area contributed by atoms with E-state index in [1.165, 1.54) is 37.1 Å². The summed E-state index contributed by atoms with van der Waals surface area (Å²) < 4.78 is 5.92. The minimum atomic E-state index is -0.535. The maximum Gasteiger partial charge on any atom is 0.339 e. The average Bonchev–Trinajstić information content (AvgIpc) is 2.41. The SMILES string of the molecule is COC(=O)c1cc(-c2ccccc2O)c(=O)n(C)c1. The molecule has 0 unspecified atom stereocenters. The Morgan fingerprint density at radius 1 is 1.26 bits per heavy atom. The lowest BCUT2D eigenvalue weighted by Gasteiger charge is -2.08. The van der Waals surface area contributed by atoms with E-state index in [1.54, 1.807) is 18.2 Å². The third-order valence-electron chi connectivity index (χ3n) is 2.80. The standard InChI is InChI=1S/C14H13NO4/c1-15-8-9(14(18)19-2)7-11(13(15)17)10-5-3-4-6-12(10)16/h3-8,16H,1-2H3. The first-order chi connectivity index (χ1) is 9.04. The topological polar surface area (TPSA) is 68.5 Å². The molecule has 2 rings (SSSR count). The molecule has 0 amide bonds. The Bertz CT molecular complexity index is 688. The molecule has 1 aromatic heterocycles. The molecule has 0 saturated heterocycles. The number of aromatic hydroxyl groups is 1. The fraction of sp³-hybridized carbons (Fsp3) is 0.143. The average molecular weight is 259 g/mol. The Hall–Kier alpha value is -2.56. The molecule has 1 N–H and O–H groups in total.